The van der Waals surface area contributed by atoms with Crippen LogP contribution in [0.1, 0.15) is 23.7 Å². The van der Waals surface area contributed by atoms with Crippen LogP contribution in [0.5, 0.6) is 0 Å². The normalized spacial score (nSPS) is 17.4. The first-order valence-corrected chi connectivity index (χ1v) is 11.8. The molecule has 1 N–H and O–H groups in total. The molecule has 2 aliphatic heterocycles. The molecule has 7 heteroatoms. The Morgan fingerprint density at radius 2 is 1.76 bits per heavy atom. The zero-order valence-electron chi connectivity index (χ0n) is 18.2. The largest absolute Gasteiger partial charge is 0.326 e. The Morgan fingerprint density at radius 3 is 2.55 bits per heavy atom. The Balaban J connectivity index is 1.37. The van der Waals surface area contributed by atoms with Gasteiger partial charge in [-0.05, 0) is 49.4 Å². The van der Waals surface area contributed by atoms with Crippen LogP contribution in [0, 0.1) is 5.92 Å². The van der Waals surface area contributed by atoms with E-state index in [4.69, 9.17) is 0 Å². The summed E-state index contributed by atoms with van der Waals surface area (Å²) in [7, 11) is 0. The van der Waals surface area contributed by atoms with E-state index < -0.39 is 5.92 Å². The topological polar surface area (TPSA) is 69.7 Å². The van der Waals surface area contributed by atoms with Crippen LogP contribution in [0.3, 0.4) is 0 Å². The van der Waals surface area contributed by atoms with Gasteiger partial charge in [0.15, 0.2) is 0 Å². The zero-order valence-corrected chi connectivity index (χ0v) is 19.0. The third-order valence-electron chi connectivity index (χ3n) is 5.98. The van der Waals surface area contributed by atoms with Gasteiger partial charge in [-0.1, -0.05) is 42.1 Å². The van der Waals surface area contributed by atoms with Crippen LogP contribution in [0.2, 0.25) is 0 Å². The van der Waals surface area contributed by atoms with Crippen molar-refractivity contribution in [3.63, 3.8) is 0 Å². The molecule has 33 heavy (non-hydrogen) atoms. The quantitative estimate of drug-likeness (QED) is 0.611. The lowest BCUT2D eigenvalue weighted by Crippen LogP contribution is -2.30. The van der Waals surface area contributed by atoms with Crippen molar-refractivity contribution in [3.8, 4) is 0 Å². The predicted molar refractivity (Wildman–Crippen MR) is 130 cm³/mol. The van der Waals surface area contributed by atoms with Gasteiger partial charge < -0.3 is 15.1 Å². The number of hydrogen-bond acceptors (Lipinski definition) is 4. The van der Waals surface area contributed by atoms with Crippen molar-refractivity contribution in [3.05, 3.63) is 78.4 Å². The molecule has 0 spiro atoms. The summed E-state index contributed by atoms with van der Waals surface area (Å²) in [6.07, 6.45) is 0.186. The summed E-state index contributed by atoms with van der Waals surface area (Å²) in [6, 6.07) is 22.6. The zero-order chi connectivity index (χ0) is 22.9. The van der Waals surface area contributed by atoms with E-state index in [2.05, 4.69) is 5.32 Å². The minimum absolute atomic E-state index is 0.0263. The first kappa shape index (κ1) is 21.3. The summed E-state index contributed by atoms with van der Waals surface area (Å²) < 4.78 is 0. The van der Waals surface area contributed by atoms with Crippen molar-refractivity contribution in [1.29, 1.82) is 0 Å². The molecule has 3 amide bonds. The number of anilines is 3. The molecule has 1 unspecified atom stereocenters. The fourth-order valence-corrected chi connectivity index (χ4v) is 5.42. The molecule has 0 bridgehead atoms. The second-order valence-corrected chi connectivity index (χ2v) is 9.14. The molecule has 3 aromatic rings. The molecule has 1 fully saturated rings. The third kappa shape index (κ3) is 4.00. The van der Waals surface area contributed by atoms with Crippen LogP contribution in [-0.2, 0) is 9.59 Å². The van der Waals surface area contributed by atoms with Gasteiger partial charge in [0.05, 0.1) is 17.2 Å². The van der Waals surface area contributed by atoms with Gasteiger partial charge in [0.2, 0.25) is 11.8 Å². The Morgan fingerprint density at radius 1 is 1.00 bits per heavy atom. The van der Waals surface area contributed by atoms with Crippen LogP contribution >= 0.6 is 11.8 Å². The minimum Gasteiger partial charge on any atom is -0.326 e. The number of para-hydroxylation sites is 1. The van der Waals surface area contributed by atoms with Crippen LogP contribution in [-0.4, -0.2) is 30.8 Å². The van der Waals surface area contributed by atoms with Crippen molar-refractivity contribution in [2.24, 2.45) is 5.92 Å². The lowest BCUT2D eigenvalue weighted by molar-refractivity contribution is -0.122. The van der Waals surface area contributed by atoms with Crippen LogP contribution in [0.15, 0.2) is 82.6 Å². The summed E-state index contributed by atoms with van der Waals surface area (Å²) in [5.41, 5.74) is 2.96. The summed E-state index contributed by atoms with van der Waals surface area (Å²) >= 11 is 1.52. The van der Waals surface area contributed by atoms with Gasteiger partial charge in [-0.2, -0.15) is 0 Å². The van der Waals surface area contributed by atoms with E-state index in [9.17, 15) is 14.4 Å². The fourth-order valence-electron chi connectivity index (χ4n) is 4.30. The van der Waals surface area contributed by atoms with E-state index >= 15 is 0 Å². The molecule has 3 aromatic carbocycles. The second kappa shape index (κ2) is 8.75. The molecule has 1 saturated heterocycles. The maximum absolute atomic E-state index is 13.1. The highest BCUT2D eigenvalue weighted by molar-refractivity contribution is 7.99. The Kier molecular flexibility index (Phi) is 5.64. The monoisotopic (exact) mass is 457 g/mol. The van der Waals surface area contributed by atoms with E-state index in [-0.39, 0.29) is 24.1 Å². The van der Waals surface area contributed by atoms with Crippen LogP contribution in [0.4, 0.5) is 17.1 Å². The van der Waals surface area contributed by atoms with E-state index in [1.54, 1.807) is 9.80 Å². The lowest BCUT2D eigenvalue weighted by atomic mass is 10.1. The molecule has 2 heterocycles. The number of benzene rings is 3. The molecule has 5 rings (SSSR count). The predicted octanol–water partition coefficient (Wildman–Crippen LogP) is 4.81. The Hall–Kier alpha value is -3.58. The molecule has 2 aliphatic rings. The number of carbonyl (C=O) groups excluding carboxylic acids is 3. The standard InChI is InChI=1S/C26H23N3O3S/c1-2-28-21-13-12-18(15-23(21)33-22-11-7-6-10-20(22)26(28)32)27-25(31)17-14-24(30)29(16-17)19-8-4-3-5-9-19/h3-13,15,17H,2,14,16H2,1H3,(H,27,31). The minimum atomic E-state index is -0.418. The average molecular weight is 458 g/mol. The molecule has 0 saturated carbocycles. The molecule has 0 radical (unpaired) electrons. The number of rotatable bonds is 4. The molecule has 1 atom stereocenters. The smallest absolute Gasteiger partial charge is 0.259 e. The summed E-state index contributed by atoms with van der Waals surface area (Å²) in [5.74, 6) is -0.670. The highest BCUT2D eigenvalue weighted by Crippen LogP contribution is 2.42. The number of nitrogens with zero attached hydrogens (tertiary/aromatic N) is 2. The van der Waals surface area contributed by atoms with Gasteiger partial charge in [-0.3, -0.25) is 14.4 Å². The first-order valence-electron chi connectivity index (χ1n) is 10.9. The van der Waals surface area contributed by atoms with Gasteiger partial charge in [0.1, 0.15) is 0 Å². The van der Waals surface area contributed by atoms with Gasteiger partial charge in [-0.15, -0.1) is 0 Å². The van der Waals surface area contributed by atoms with Gasteiger partial charge in [-0.25, -0.2) is 0 Å². The van der Waals surface area contributed by atoms with Gasteiger partial charge in [0, 0.05) is 40.7 Å². The summed E-state index contributed by atoms with van der Waals surface area (Å²) in [5, 5.41) is 2.98. The summed E-state index contributed by atoms with van der Waals surface area (Å²) in [4.78, 5) is 43.7. The van der Waals surface area contributed by atoms with E-state index in [0.29, 0.717) is 24.3 Å². The third-order valence-corrected chi connectivity index (χ3v) is 7.10. The maximum atomic E-state index is 13.1. The van der Waals surface area contributed by atoms with Crippen molar-refractivity contribution in [2.75, 3.05) is 28.2 Å². The molecular weight excluding hydrogens is 434 g/mol. The number of amides is 3. The van der Waals surface area contributed by atoms with E-state index in [1.165, 1.54) is 11.8 Å². The van der Waals surface area contributed by atoms with Crippen LogP contribution in [0.25, 0.3) is 0 Å². The van der Waals surface area contributed by atoms with Crippen molar-refractivity contribution >= 4 is 46.5 Å². The number of carbonyl (C=O) groups is 3. The molecular formula is C26H23N3O3S. The highest BCUT2D eigenvalue weighted by atomic mass is 32.2. The first-order chi connectivity index (χ1) is 16.0. The van der Waals surface area contributed by atoms with Crippen molar-refractivity contribution < 1.29 is 14.4 Å². The van der Waals surface area contributed by atoms with Gasteiger partial charge in [0.25, 0.3) is 5.91 Å². The SMILES string of the molecule is CCN1C(=O)c2ccccc2Sc2cc(NC(=O)C3CC(=O)N(c4ccccc4)C3)ccc21. The van der Waals surface area contributed by atoms with E-state index in [1.807, 2.05) is 79.7 Å². The maximum Gasteiger partial charge on any atom is 0.259 e. The molecule has 6 nitrogen and oxygen atoms in total. The van der Waals surface area contributed by atoms with Gasteiger partial charge >= 0.3 is 0 Å². The summed E-state index contributed by atoms with van der Waals surface area (Å²) in [6.45, 7) is 2.86. The molecule has 0 aliphatic carbocycles. The van der Waals surface area contributed by atoms with Crippen molar-refractivity contribution in [2.45, 2.75) is 23.1 Å². The number of hydrogen-bond donors (Lipinski definition) is 1. The number of fused-ring (bicyclic) bond motifs is 2. The average Bonchev–Trinajstić information content (AvgIpc) is 3.18. The van der Waals surface area contributed by atoms with Crippen molar-refractivity contribution in [1.82, 2.24) is 0 Å². The lowest BCUT2D eigenvalue weighted by Gasteiger charge is -2.21. The van der Waals surface area contributed by atoms with E-state index in [0.717, 1.165) is 21.2 Å². The highest BCUT2D eigenvalue weighted by Gasteiger charge is 2.35. The van der Waals surface area contributed by atoms with Crippen LogP contribution < -0.4 is 15.1 Å². The second-order valence-electron chi connectivity index (χ2n) is 8.06. The number of nitrogens with one attached hydrogen (secondary N) is 1. The molecule has 0 aromatic heterocycles. The Bertz CT molecular complexity index is 1240. The fraction of sp³-hybridized carbons (Fsp3) is 0.192. The Labute approximate surface area is 196 Å². The molecule has 166 valence electrons.